The molecule has 0 bridgehead atoms. The highest BCUT2D eigenvalue weighted by atomic mass is 16.6. The van der Waals surface area contributed by atoms with Crippen molar-refractivity contribution < 1.29 is 4.92 Å². The predicted molar refractivity (Wildman–Crippen MR) is 79.6 cm³/mol. The monoisotopic (exact) mass is 277 g/mol. The summed E-state index contributed by atoms with van der Waals surface area (Å²) in [6, 6.07) is 6.82. The smallest absolute Gasteiger partial charge is 0.269 e. The highest BCUT2D eigenvalue weighted by Crippen LogP contribution is 2.13. The Kier molecular flexibility index (Phi) is 5.49. The number of rotatable bonds is 7. The minimum atomic E-state index is -0.348. The number of hydrogen-bond donors (Lipinski definition) is 1. The van der Waals surface area contributed by atoms with Crippen LogP contribution in [-0.4, -0.2) is 36.0 Å². The highest BCUT2D eigenvalue weighted by molar-refractivity contribution is 5.34. The van der Waals surface area contributed by atoms with Crippen LogP contribution in [0.15, 0.2) is 24.3 Å². The van der Waals surface area contributed by atoms with Gasteiger partial charge in [-0.3, -0.25) is 10.1 Å². The quantitative estimate of drug-likeness (QED) is 0.614. The lowest BCUT2D eigenvalue weighted by molar-refractivity contribution is -0.384. The van der Waals surface area contributed by atoms with E-state index in [1.807, 2.05) is 6.07 Å². The summed E-state index contributed by atoms with van der Waals surface area (Å²) in [7, 11) is 0. The Hall–Kier alpha value is -1.46. The van der Waals surface area contributed by atoms with Gasteiger partial charge in [0, 0.05) is 25.2 Å². The zero-order valence-corrected chi connectivity index (χ0v) is 12.0. The van der Waals surface area contributed by atoms with Gasteiger partial charge in [0.2, 0.25) is 0 Å². The Morgan fingerprint density at radius 1 is 1.40 bits per heavy atom. The van der Waals surface area contributed by atoms with E-state index in [-0.39, 0.29) is 10.6 Å². The van der Waals surface area contributed by atoms with Gasteiger partial charge in [-0.2, -0.15) is 0 Å². The van der Waals surface area contributed by atoms with Crippen molar-refractivity contribution in [2.75, 3.05) is 26.2 Å². The van der Waals surface area contributed by atoms with E-state index >= 15 is 0 Å². The summed E-state index contributed by atoms with van der Waals surface area (Å²) in [5, 5.41) is 14.1. The van der Waals surface area contributed by atoms with E-state index in [0.29, 0.717) is 12.5 Å². The Bertz CT molecular complexity index is 444. The number of nitrogens with one attached hydrogen (secondary N) is 1. The van der Waals surface area contributed by atoms with Gasteiger partial charge < -0.3 is 10.2 Å². The molecule has 1 fully saturated rings. The Morgan fingerprint density at radius 3 is 2.85 bits per heavy atom. The summed E-state index contributed by atoms with van der Waals surface area (Å²) in [4.78, 5) is 12.9. The molecular formula is C15H23N3O2. The van der Waals surface area contributed by atoms with Crippen molar-refractivity contribution in [2.45, 2.75) is 26.3 Å². The molecule has 0 radical (unpaired) electrons. The molecule has 0 spiro atoms. The molecule has 20 heavy (non-hydrogen) atoms. The topological polar surface area (TPSA) is 58.4 Å². The summed E-state index contributed by atoms with van der Waals surface area (Å²) in [6.07, 6.45) is 2.65. The average molecular weight is 277 g/mol. The zero-order chi connectivity index (χ0) is 14.4. The SMILES string of the molecule is CC(CNCc1cccc([N+](=O)[O-])c1)CN1CCCC1. The number of nitro benzene ring substituents is 1. The molecule has 1 saturated heterocycles. The minimum Gasteiger partial charge on any atom is -0.312 e. The molecule has 1 heterocycles. The summed E-state index contributed by atoms with van der Waals surface area (Å²) >= 11 is 0. The van der Waals surface area contributed by atoms with Crippen LogP contribution < -0.4 is 5.32 Å². The third kappa shape index (κ3) is 4.58. The predicted octanol–water partition coefficient (Wildman–Crippen LogP) is 2.42. The Morgan fingerprint density at radius 2 is 2.15 bits per heavy atom. The third-order valence-electron chi connectivity index (χ3n) is 3.71. The molecule has 5 nitrogen and oxygen atoms in total. The van der Waals surface area contributed by atoms with Crippen LogP contribution in [0, 0.1) is 16.0 Å². The maximum Gasteiger partial charge on any atom is 0.269 e. The first-order valence-electron chi connectivity index (χ1n) is 7.31. The van der Waals surface area contributed by atoms with Crippen molar-refractivity contribution in [3.63, 3.8) is 0 Å². The van der Waals surface area contributed by atoms with Crippen molar-refractivity contribution in [3.8, 4) is 0 Å². The number of likely N-dealkylation sites (tertiary alicyclic amines) is 1. The largest absolute Gasteiger partial charge is 0.312 e. The summed E-state index contributed by atoms with van der Waals surface area (Å²) in [5.41, 5.74) is 1.13. The van der Waals surface area contributed by atoms with Crippen LogP contribution in [0.4, 0.5) is 5.69 Å². The van der Waals surface area contributed by atoms with Gasteiger partial charge in [-0.25, -0.2) is 0 Å². The van der Waals surface area contributed by atoms with Gasteiger partial charge in [0.05, 0.1) is 4.92 Å². The van der Waals surface area contributed by atoms with Gasteiger partial charge >= 0.3 is 0 Å². The molecule has 110 valence electrons. The number of hydrogen-bond acceptors (Lipinski definition) is 4. The first-order valence-corrected chi connectivity index (χ1v) is 7.31. The fraction of sp³-hybridized carbons (Fsp3) is 0.600. The molecule has 0 amide bonds. The number of nitrogens with zero attached hydrogens (tertiary/aromatic N) is 2. The lowest BCUT2D eigenvalue weighted by atomic mass is 10.1. The molecule has 1 unspecified atom stereocenters. The second-order valence-electron chi connectivity index (χ2n) is 5.67. The van der Waals surface area contributed by atoms with Crippen LogP contribution >= 0.6 is 0 Å². The summed E-state index contributed by atoms with van der Waals surface area (Å²) in [6.45, 7) is 7.48. The van der Waals surface area contributed by atoms with Crippen molar-refractivity contribution >= 4 is 5.69 Å². The van der Waals surface area contributed by atoms with Crippen LogP contribution in [0.1, 0.15) is 25.3 Å². The van der Waals surface area contributed by atoms with Crippen LogP contribution in [0.3, 0.4) is 0 Å². The zero-order valence-electron chi connectivity index (χ0n) is 12.0. The van der Waals surface area contributed by atoms with E-state index in [1.165, 1.54) is 32.0 Å². The normalized spacial score (nSPS) is 17.2. The van der Waals surface area contributed by atoms with E-state index in [0.717, 1.165) is 18.7 Å². The fourth-order valence-electron chi connectivity index (χ4n) is 2.71. The van der Waals surface area contributed by atoms with E-state index in [4.69, 9.17) is 0 Å². The molecule has 5 heteroatoms. The van der Waals surface area contributed by atoms with Crippen LogP contribution in [0.5, 0.6) is 0 Å². The van der Waals surface area contributed by atoms with Gasteiger partial charge in [0.15, 0.2) is 0 Å². The number of benzene rings is 1. The maximum atomic E-state index is 10.7. The van der Waals surface area contributed by atoms with Crippen LogP contribution in [-0.2, 0) is 6.54 Å². The Balaban J connectivity index is 1.72. The highest BCUT2D eigenvalue weighted by Gasteiger charge is 2.14. The van der Waals surface area contributed by atoms with E-state index in [1.54, 1.807) is 12.1 Å². The molecule has 1 atom stereocenters. The van der Waals surface area contributed by atoms with Crippen LogP contribution in [0.2, 0.25) is 0 Å². The number of nitro groups is 1. The first-order chi connectivity index (χ1) is 9.65. The maximum absolute atomic E-state index is 10.7. The van der Waals surface area contributed by atoms with Crippen molar-refractivity contribution in [1.82, 2.24) is 10.2 Å². The van der Waals surface area contributed by atoms with Crippen molar-refractivity contribution in [2.24, 2.45) is 5.92 Å². The molecule has 0 aromatic heterocycles. The van der Waals surface area contributed by atoms with Gasteiger partial charge in [0.25, 0.3) is 5.69 Å². The standard InChI is InChI=1S/C15H23N3O2/c1-13(12-17-7-2-3-8-17)10-16-11-14-5-4-6-15(9-14)18(19)20/h4-6,9,13,16H,2-3,7-8,10-12H2,1H3. The second-order valence-corrected chi connectivity index (χ2v) is 5.67. The molecular weight excluding hydrogens is 254 g/mol. The second kappa shape index (κ2) is 7.36. The van der Waals surface area contributed by atoms with Crippen molar-refractivity contribution in [1.29, 1.82) is 0 Å². The van der Waals surface area contributed by atoms with Crippen molar-refractivity contribution in [3.05, 3.63) is 39.9 Å². The summed E-state index contributed by atoms with van der Waals surface area (Å²) in [5.74, 6) is 0.604. The molecule has 1 aromatic rings. The molecule has 1 aromatic carbocycles. The molecule has 0 saturated carbocycles. The van der Waals surface area contributed by atoms with Gasteiger partial charge in [-0.1, -0.05) is 19.1 Å². The van der Waals surface area contributed by atoms with Gasteiger partial charge in [0.1, 0.15) is 0 Å². The van der Waals surface area contributed by atoms with Crippen LogP contribution in [0.25, 0.3) is 0 Å². The average Bonchev–Trinajstić information content (AvgIpc) is 2.92. The minimum absolute atomic E-state index is 0.161. The number of non-ortho nitro benzene ring substituents is 1. The van der Waals surface area contributed by atoms with E-state index in [9.17, 15) is 10.1 Å². The molecule has 1 aliphatic heterocycles. The third-order valence-corrected chi connectivity index (χ3v) is 3.71. The van der Waals surface area contributed by atoms with E-state index in [2.05, 4.69) is 17.1 Å². The van der Waals surface area contributed by atoms with Gasteiger partial charge in [-0.05, 0) is 44.0 Å². The lowest BCUT2D eigenvalue weighted by Crippen LogP contribution is -2.31. The Labute approximate surface area is 120 Å². The summed E-state index contributed by atoms with van der Waals surface area (Å²) < 4.78 is 0. The fourth-order valence-corrected chi connectivity index (χ4v) is 2.71. The molecule has 1 aliphatic rings. The lowest BCUT2D eigenvalue weighted by Gasteiger charge is -2.20. The molecule has 0 aliphatic carbocycles. The molecule has 1 N–H and O–H groups in total. The van der Waals surface area contributed by atoms with E-state index < -0.39 is 0 Å². The molecule has 2 rings (SSSR count). The first kappa shape index (κ1) is 14.9. The van der Waals surface area contributed by atoms with Gasteiger partial charge in [-0.15, -0.1) is 0 Å².